The Kier molecular flexibility index (Phi) is 9.00. The fourth-order valence-corrected chi connectivity index (χ4v) is 2.69. The highest BCUT2D eigenvalue weighted by Gasteiger charge is 2.08. The number of amides is 1. The van der Waals surface area contributed by atoms with Crippen molar-refractivity contribution in [3.05, 3.63) is 59.7 Å². The van der Waals surface area contributed by atoms with E-state index in [4.69, 9.17) is 9.47 Å². The molecule has 7 heteroatoms. The molecule has 2 aromatic carbocycles. The molecule has 1 atom stereocenters. The van der Waals surface area contributed by atoms with Crippen LogP contribution in [0.3, 0.4) is 0 Å². The lowest BCUT2D eigenvalue weighted by molar-refractivity contribution is 0.0827. The lowest BCUT2D eigenvalue weighted by Gasteiger charge is -2.18. The van der Waals surface area contributed by atoms with Crippen LogP contribution in [0.5, 0.6) is 11.5 Å². The van der Waals surface area contributed by atoms with E-state index >= 15 is 0 Å². The normalized spacial score (nSPS) is 12.1. The number of carbonyl (C=O) groups excluding carboxylic acids is 1. The molecule has 162 valence electrons. The fraction of sp³-hybridized carbons (Fsp3) is 0.391. The average Bonchev–Trinajstić information content (AvgIpc) is 2.76. The summed E-state index contributed by atoms with van der Waals surface area (Å²) in [7, 11) is 5.13. The Labute approximate surface area is 179 Å². The molecule has 0 saturated heterocycles. The lowest BCUT2D eigenvalue weighted by atomic mass is 10.1. The van der Waals surface area contributed by atoms with Crippen LogP contribution in [0.4, 0.5) is 0 Å². The van der Waals surface area contributed by atoms with Gasteiger partial charge in [-0.3, -0.25) is 4.79 Å². The SMILES string of the molecule is CCNC(=NCc1ccc(C(=O)N(C)C)cc1)NCC(C)Oc1ccc(OC)cc1. The number of hydrogen-bond acceptors (Lipinski definition) is 4. The van der Waals surface area contributed by atoms with E-state index in [1.807, 2.05) is 62.4 Å². The van der Waals surface area contributed by atoms with Crippen LogP contribution in [0.25, 0.3) is 0 Å². The fourth-order valence-electron chi connectivity index (χ4n) is 2.69. The second-order valence-corrected chi connectivity index (χ2v) is 7.08. The quantitative estimate of drug-likeness (QED) is 0.489. The molecule has 30 heavy (non-hydrogen) atoms. The van der Waals surface area contributed by atoms with E-state index in [1.165, 1.54) is 0 Å². The zero-order chi connectivity index (χ0) is 21.9. The Bertz CT molecular complexity index is 817. The van der Waals surface area contributed by atoms with Gasteiger partial charge in [0.2, 0.25) is 0 Å². The van der Waals surface area contributed by atoms with Gasteiger partial charge in [0.05, 0.1) is 20.2 Å². The summed E-state index contributed by atoms with van der Waals surface area (Å²) in [5.41, 5.74) is 1.70. The predicted octanol–water partition coefficient (Wildman–Crippen LogP) is 2.92. The van der Waals surface area contributed by atoms with Crippen LogP contribution in [0.15, 0.2) is 53.5 Å². The number of methoxy groups -OCH3 is 1. The first-order valence-corrected chi connectivity index (χ1v) is 10.1. The van der Waals surface area contributed by atoms with Crippen LogP contribution in [0.2, 0.25) is 0 Å². The summed E-state index contributed by atoms with van der Waals surface area (Å²) in [5, 5.41) is 6.54. The van der Waals surface area contributed by atoms with Gasteiger partial charge in [-0.15, -0.1) is 0 Å². The van der Waals surface area contributed by atoms with Crippen molar-refractivity contribution in [3.63, 3.8) is 0 Å². The molecule has 0 aliphatic carbocycles. The van der Waals surface area contributed by atoms with Crippen molar-refractivity contribution in [3.8, 4) is 11.5 Å². The van der Waals surface area contributed by atoms with E-state index in [9.17, 15) is 4.79 Å². The Hall–Kier alpha value is -3.22. The maximum absolute atomic E-state index is 12.0. The highest BCUT2D eigenvalue weighted by Crippen LogP contribution is 2.18. The van der Waals surface area contributed by atoms with E-state index in [0.29, 0.717) is 18.7 Å². The first-order chi connectivity index (χ1) is 14.4. The molecule has 2 N–H and O–H groups in total. The third-order valence-corrected chi connectivity index (χ3v) is 4.32. The predicted molar refractivity (Wildman–Crippen MR) is 120 cm³/mol. The van der Waals surface area contributed by atoms with Crippen LogP contribution in [-0.2, 0) is 6.54 Å². The molecule has 2 aromatic rings. The molecule has 2 rings (SSSR count). The summed E-state index contributed by atoms with van der Waals surface area (Å²) in [6, 6.07) is 15.0. The summed E-state index contributed by atoms with van der Waals surface area (Å²) < 4.78 is 11.1. The summed E-state index contributed by atoms with van der Waals surface area (Å²) in [4.78, 5) is 18.2. The number of benzene rings is 2. The van der Waals surface area contributed by atoms with Crippen molar-refractivity contribution in [1.82, 2.24) is 15.5 Å². The first-order valence-electron chi connectivity index (χ1n) is 10.1. The van der Waals surface area contributed by atoms with Crippen molar-refractivity contribution < 1.29 is 14.3 Å². The monoisotopic (exact) mass is 412 g/mol. The molecule has 0 spiro atoms. The third-order valence-electron chi connectivity index (χ3n) is 4.32. The topological polar surface area (TPSA) is 75.2 Å². The van der Waals surface area contributed by atoms with Crippen LogP contribution in [-0.4, -0.2) is 57.2 Å². The smallest absolute Gasteiger partial charge is 0.253 e. The first kappa shape index (κ1) is 23.1. The largest absolute Gasteiger partial charge is 0.497 e. The van der Waals surface area contributed by atoms with Gasteiger partial charge in [0.1, 0.15) is 17.6 Å². The molecule has 0 fully saturated rings. The zero-order valence-electron chi connectivity index (χ0n) is 18.4. The molecular weight excluding hydrogens is 380 g/mol. The maximum Gasteiger partial charge on any atom is 0.253 e. The Morgan fingerprint density at radius 2 is 1.67 bits per heavy atom. The molecule has 1 unspecified atom stereocenters. The number of guanidine groups is 1. The number of rotatable bonds is 9. The second kappa shape index (κ2) is 11.7. The summed E-state index contributed by atoms with van der Waals surface area (Å²) in [5.74, 6) is 2.30. The molecule has 0 saturated carbocycles. The minimum absolute atomic E-state index is 0.00842. The van der Waals surface area contributed by atoms with Crippen LogP contribution < -0.4 is 20.1 Å². The Morgan fingerprint density at radius 1 is 1.03 bits per heavy atom. The minimum Gasteiger partial charge on any atom is -0.497 e. The number of aliphatic imine (C=N–C) groups is 1. The highest BCUT2D eigenvalue weighted by atomic mass is 16.5. The van der Waals surface area contributed by atoms with Gasteiger partial charge >= 0.3 is 0 Å². The number of carbonyl (C=O) groups is 1. The molecule has 0 aliphatic rings. The van der Waals surface area contributed by atoms with Crippen molar-refractivity contribution in [2.75, 3.05) is 34.3 Å². The van der Waals surface area contributed by atoms with Crippen molar-refractivity contribution in [1.29, 1.82) is 0 Å². The molecular formula is C23H32N4O3. The van der Waals surface area contributed by atoms with E-state index in [1.54, 1.807) is 26.1 Å². The van der Waals surface area contributed by atoms with Gasteiger partial charge in [-0.05, 0) is 55.8 Å². The zero-order valence-corrected chi connectivity index (χ0v) is 18.4. The van der Waals surface area contributed by atoms with Gasteiger partial charge in [-0.1, -0.05) is 12.1 Å². The van der Waals surface area contributed by atoms with Gasteiger partial charge in [0, 0.05) is 26.2 Å². The number of nitrogens with one attached hydrogen (secondary N) is 2. The van der Waals surface area contributed by atoms with E-state index in [2.05, 4.69) is 15.6 Å². The molecule has 0 aromatic heterocycles. The summed E-state index contributed by atoms with van der Waals surface area (Å²) >= 11 is 0. The van der Waals surface area contributed by atoms with Crippen molar-refractivity contribution in [2.45, 2.75) is 26.5 Å². The van der Waals surface area contributed by atoms with E-state index in [-0.39, 0.29) is 12.0 Å². The molecule has 0 aliphatic heterocycles. The van der Waals surface area contributed by atoms with Crippen LogP contribution in [0, 0.1) is 0 Å². The minimum atomic E-state index is -0.0430. The summed E-state index contributed by atoms with van der Waals surface area (Å²) in [6.07, 6.45) is -0.0430. The third kappa shape index (κ3) is 7.31. The average molecular weight is 413 g/mol. The van der Waals surface area contributed by atoms with Crippen LogP contribution >= 0.6 is 0 Å². The van der Waals surface area contributed by atoms with Crippen molar-refractivity contribution >= 4 is 11.9 Å². The summed E-state index contributed by atoms with van der Waals surface area (Å²) in [6.45, 7) is 5.90. The molecule has 0 heterocycles. The molecule has 0 bridgehead atoms. The highest BCUT2D eigenvalue weighted by molar-refractivity contribution is 5.93. The molecule has 7 nitrogen and oxygen atoms in total. The van der Waals surface area contributed by atoms with Gasteiger partial charge in [-0.2, -0.15) is 0 Å². The van der Waals surface area contributed by atoms with Gasteiger partial charge in [0.25, 0.3) is 5.91 Å². The lowest BCUT2D eigenvalue weighted by Crippen LogP contribution is -2.41. The van der Waals surface area contributed by atoms with Crippen molar-refractivity contribution in [2.24, 2.45) is 4.99 Å². The molecule has 0 radical (unpaired) electrons. The van der Waals surface area contributed by atoms with Crippen LogP contribution in [0.1, 0.15) is 29.8 Å². The Morgan fingerprint density at radius 3 is 2.23 bits per heavy atom. The number of nitrogens with zero attached hydrogens (tertiary/aromatic N) is 2. The maximum atomic E-state index is 12.0. The molecule has 1 amide bonds. The Balaban J connectivity index is 1.89. The standard InChI is InChI=1S/C23H32N4O3/c1-6-24-23(25-15-17(2)30-21-13-11-20(29-5)12-14-21)26-16-18-7-9-19(10-8-18)22(28)27(3)4/h7-14,17H,6,15-16H2,1-5H3,(H2,24,25,26). The second-order valence-electron chi connectivity index (χ2n) is 7.08. The van der Waals surface area contributed by atoms with Gasteiger partial charge in [0.15, 0.2) is 5.96 Å². The van der Waals surface area contributed by atoms with E-state index in [0.717, 1.165) is 29.6 Å². The number of hydrogen-bond donors (Lipinski definition) is 2. The van der Waals surface area contributed by atoms with E-state index < -0.39 is 0 Å². The number of ether oxygens (including phenoxy) is 2. The van der Waals surface area contributed by atoms with Gasteiger partial charge < -0.3 is 25.0 Å². The van der Waals surface area contributed by atoms with Gasteiger partial charge in [-0.25, -0.2) is 4.99 Å².